The second kappa shape index (κ2) is 8.78. The molecular weight excluding hydrogens is 266 g/mol. The standard InChI is InChI=1S/C16H31N3S/c1-7-19(14(4)11-18(5)6)12-16-9-8-15(20-16)10-17-13(2)3/h8-9,13-14,17H,7,10-12H2,1-6H3. The Labute approximate surface area is 129 Å². The van der Waals surface area contributed by atoms with Crippen LogP contribution in [0.1, 0.15) is 37.4 Å². The molecule has 20 heavy (non-hydrogen) atoms. The zero-order valence-corrected chi connectivity index (χ0v) is 14.8. The van der Waals surface area contributed by atoms with Crippen molar-refractivity contribution < 1.29 is 0 Å². The maximum absolute atomic E-state index is 3.48. The van der Waals surface area contributed by atoms with Crippen LogP contribution in [-0.4, -0.2) is 49.1 Å². The van der Waals surface area contributed by atoms with E-state index in [0.717, 1.165) is 26.2 Å². The van der Waals surface area contributed by atoms with Crippen molar-refractivity contribution in [2.45, 2.75) is 52.9 Å². The van der Waals surface area contributed by atoms with Gasteiger partial charge in [-0.05, 0) is 39.7 Å². The van der Waals surface area contributed by atoms with Crippen LogP contribution >= 0.6 is 11.3 Å². The monoisotopic (exact) mass is 297 g/mol. The molecule has 116 valence electrons. The zero-order valence-electron chi connectivity index (χ0n) is 13.9. The van der Waals surface area contributed by atoms with Gasteiger partial charge < -0.3 is 10.2 Å². The SMILES string of the molecule is CCN(Cc1ccc(CNC(C)C)s1)C(C)CN(C)C. The van der Waals surface area contributed by atoms with Crippen LogP contribution in [0.25, 0.3) is 0 Å². The van der Waals surface area contributed by atoms with Gasteiger partial charge in [-0.25, -0.2) is 0 Å². The lowest BCUT2D eigenvalue weighted by molar-refractivity contribution is 0.175. The van der Waals surface area contributed by atoms with E-state index in [2.05, 4.69) is 69.0 Å². The molecule has 1 rings (SSSR count). The summed E-state index contributed by atoms with van der Waals surface area (Å²) >= 11 is 1.94. The number of nitrogens with one attached hydrogen (secondary N) is 1. The zero-order chi connectivity index (χ0) is 15.1. The van der Waals surface area contributed by atoms with Crippen molar-refractivity contribution in [3.8, 4) is 0 Å². The summed E-state index contributed by atoms with van der Waals surface area (Å²) < 4.78 is 0. The number of rotatable bonds is 9. The summed E-state index contributed by atoms with van der Waals surface area (Å²) in [7, 11) is 4.29. The second-order valence-electron chi connectivity index (χ2n) is 6.08. The van der Waals surface area contributed by atoms with Crippen LogP contribution in [0.5, 0.6) is 0 Å². The predicted molar refractivity (Wildman–Crippen MR) is 90.4 cm³/mol. The number of likely N-dealkylation sites (N-methyl/N-ethyl adjacent to an activating group) is 2. The number of nitrogens with zero attached hydrogens (tertiary/aromatic N) is 2. The molecule has 4 heteroatoms. The van der Waals surface area contributed by atoms with Gasteiger partial charge in [-0.3, -0.25) is 4.90 Å². The van der Waals surface area contributed by atoms with E-state index in [-0.39, 0.29) is 0 Å². The van der Waals surface area contributed by atoms with Gasteiger partial charge in [0.1, 0.15) is 0 Å². The molecule has 0 bridgehead atoms. The Bertz CT molecular complexity index is 374. The molecule has 1 aromatic heterocycles. The van der Waals surface area contributed by atoms with Gasteiger partial charge in [0.05, 0.1) is 0 Å². The Morgan fingerprint density at radius 3 is 2.35 bits per heavy atom. The highest BCUT2D eigenvalue weighted by molar-refractivity contribution is 7.11. The molecule has 0 saturated heterocycles. The average molecular weight is 298 g/mol. The molecular formula is C16H31N3S. The first kappa shape index (κ1) is 17.6. The van der Waals surface area contributed by atoms with Gasteiger partial charge in [0.15, 0.2) is 0 Å². The summed E-state index contributed by atoms with van der Waals surface area (Å²) in [6.07, 6.45) is 0. The summed E-state index contributed by atoms with van der Waals surface area (Å²) in [6, 6.07) is 5.69. The molecule has 3 nitrogen and oxygen atoms in total. The van der Waals surface area contributed by atoms with Crippen LogP contribution in [0.2, 0.25) is 0 Å². The Kier molecular flexibility index (Phi) is 7.74. The van der Waals surface area contributed by atoms with Gasteiger partial charge in [-0.1, -0.05) is 20.8 Å². The summed E-state index contributed by atoms with van der Waals surface area (Å²) in [6.45, 7) is 13.2. The normalized spacial score (nSPS) is 13.7. The minimum Gasteiger partial charge on any atom is -0.310 e. The first-order chi connectivity index (χ1) is 9.42. The minimum atomic E-state index is 0.549. The van der Waals surface area contributed by atoms with E-state index in [9.17, 15) is 0 Å². The fraction of sp³-hybridized carbons (Fsp3) is 0.750. The van der Waals surface area contributed by atoms with Crippen molar-refractivity contribution >= 4 is 11.3 Å². The van der Waals surface area contributed by atoms with Gasteiger partial charge in [0.25, 0.3) is 0 Å². The van der Waals surface area contributed by atoms with Gasteiger partial charge in [-0.15, -0.1) is 11.3 Å². The van der Waals surface area contributed by atoms with Gasteiger partial charge in [-0.2, -0.15) is 0 Å². The van der Waals surface area contributed by atoms with E-state index in [1.807, 2.05) is 11.3 Å². The van der Waals surface area contributed by atoms with Crippen LogP contribution in [-0.2, 0) is 13.1 Å². The van der Waals surface area contributed by atoms with Crippen molar-refractivity contribution in [3.05, 3.63) is 21.9 Å². The molecule has 0 radical (unpaired) electrons. The van der Waals surface area contributed by atoms with Crippen LogP contribution < -0.4 is 5.32 Å². The van der Waals surface area contributed by atoms with E-state index >= 15 is 0 Å². The maximum atomic E-state index is 3.48. The molecule has 1 N–H and O–H groups in total. The third-order valence-electron chi connectivity index (χ3n) is 3.42. The van der Waals surface area contributed by atoms with Crippen LogP contribution in [0, 0.1) is 0 Å². The third-order valence-corrected chi connectivity index (χ3v) is 4.49. The molecule has 0 spiro atoms. The molecule has 0 saturated carbocycles. The Morgan fingerprint density at radius 1 is 1.15 bits per heavy atom. The van der Waals surface area contributed by atoms with E-state index in [0.29, 0.717) is 12.1 Å². The van der Waals surface area contributed by atoms with Crippen LogP contribution in [0.15, 0.2) is 12.1 Å². The molecule has 1 atom stereocenters. The van der Waals surface area contributed by atoms with E-state index in [1.165, 1.54) is 9.75 Å². The van der Waals surface area contributed by atoms with Crippen LogP contribution in [0.3, 0.4) is 0 Å². The highest BCUT2D eigenvalue weighted by Crippen LogP contribution is 2.19. The van der Waals surface area contributed by atoms with E-state index in [1.54, 1.807) is 0 Å². The van der Waals surface area contributed by atoms with Crippen molar-refractivity contribution in [1.29, 1.82) is 0 Å². The fourth-order valence-electron chi connectivity index (χ4n) is 2.33. The molecule has 0 aliphatic heterocycles. The molecule has 1 heterocycles. The molecule has 0 aliphatic rings. The molecule has 1 unspecified atom stereocenters. The Hall–Kier alpha value is -0.420. The van der Waals surface area contributed by atoms with Gasteiger partial charge >= 0.3 is 0 Å². The van der Waals surface area contributed by atoms with Gasteiger partial charge in [0.2, 0.25) is 0 Å². The molecule has 0 fully saturated rings. The molecule has 0 aromatic carbocycles. The van der Waals surface area contributed by atoms with Crippen LogP contribution in [0.4, 0.5) is 0 Å². The van der Waals surface area contributed by atoms with Crippen molar-refractivity contribution in [3.63, 3.8) is 0 Å². The average Bonchev–Trinajstić information content (AvgIpc) is 2.80. The summed E-state index contributed by atoms with van der Waals surface area (Å²) in [5.41, 5.74) is 0. The third kappa shape index (κ3) is 6.35. The maximum Gasteiger partial charge on any atom is 0.0331 e. The smallest absolute Gasteiger partial charge is 0.0331 e. The lowest BCUT2D eigenvalue weighted by Gasteiger charge is -2.29. The largest absolute Gasteiger partial charge is 0.310 e. The first-order valence-electron chi connectivity index (χ1n) is 7.62. The molecule has 0 amide bonds. The summed E-state index contributed by atoms with van der Waals surface area (Å²) in [5.74, 6) is 0. The highest BCUT2D eigenvalue weighted by Gasteiger charge is 2.14. The summed E-state index contributed by atoms with van der Waals surface area (Å²) in [5, 5.41) is 3.48. The molecule has 0 aliphatic carbocycles. The number of hydrogen-bond donors (Lipinski definition) is 1. The fourth-order valence-corrected chi connectivity index (χ4v) is 3.33. The summed E-state index contributed by atoms with van der Waals surface area (Å²) in [4.78, 5) is 7.72. The number of thiophene rings is 1. The first-order valence-corrected chi connectivity index (χ1v) is 8.43. The lowest BCUT2D eigenvalue weighted by atomic mass is 10.2. The minimum absolute atomic E-state index is 0.549. The quantitative estimate of drug-likeness (QED) is 0.756. The van der Waals surface area contributed by atoms with E-state index < -0.39 is 0 Å². The van der Waals surface area contributed by atoms with Crippen molar-refractivity contribution in [2.75, 3.05) is 27.2 Å². The van der Waals surface area contributed by atoms with Crippen molar-refractivity contribution in [1.82, 2.24) is 15.1 Å². The Morgan fingerprint density at radius 2 is 1.80 bits per heavy atom. The lowest BCUT2D eigenvalue weighted by Crippen LogP contribution is -2.39. The molecule has 1 aromatic rings. The topological polar surface area (TPSA) is 18.5 Å². The van der Waals surface area contributed by atoms with Crippen molar-refractivity contribution in [2.24, 2.45) is 0 Å². The number of hydrogen-bond acceptors (Lipinski definition) is 4. The highest BCUT2D eigenvalue weighted by atomic mass is 32.1. The predicted octanol–water partition coefficient (Wildman–Crippen LogP) is 3.02. The van der Waals surface area contributed by atoms with E-state index in [4.69, 9.17) is 0 Å². The van der Waals surface area contributed by atoms with Gasteiger partial charge in [0, 0.05) is 41.5 Å². The Balaban J connectivity index is 2.53. The second-order valence-corrected chi connectivity index (χ2v) is 7.33.